The molecule has 0 unspecified atom stereocenters. The number of methoxy groups -OCH3 is 1. The Morgan fingerprint density at radius 1 is 1.00 bits per heavy atom. The first-order valence-corrected chi connectivity index (χ1v) is 10.4. The van der Waals surface area contributed by atoms with E-state index in [2.05, 4.69) is 0 Å². The van der Waals surface area contributed by atoms with Crippen LogP contribution in [-0.4, -0.2) is 56.8 Å². The van der Waals surface area contributed by atoms with Crippen molar-refractivity contribution in [2.24, 2.45) is 0 Å². The molecule has 1 heterocycles. The second-order valence-corrected chi connectivity index (χ2v) is 8.73. The Hall–Kier alpha value is -1.80. The highest BCUT2D eigenvalue weighted by molar-refractivity contribution is 7.89. The van der Waals surface area contributed by atoms with Crippen molar-refractivity contribution >= 4 is 39.1 Å². The fourth-order valence-electron chi connectivity index (χ4n) is 2.93. The predicted molar refractivity (Wildman–Crippen MR) is 104 cm³/mol. The molecule has 2 aromatic carbocycles. The van der Waals surface area contributed by atoms with Crippen LogP contribution < -0.4 is 4.74 Å². The monoisotopic (exact) mass is 428 g/mol. The maximum atomic E-state index is 12.7. The standard InChI is InChI=1S/C18H18Cl2N2O4S/c1-26-17-15(19)11-13(12-16(17)20)18(23)21-7-9-22(10-8-21)27(24,25)14-5-3-2-4-6-14/h2-6,11-12H,7-10H2,1H3. The molecule has 1 aliphatic rings. The summed E-state index contributed by atoms with van der Waals surface area (Å²) in [7, 11) is -2.12. The van der Waals surface area contributed by atoms with E-state index in [9.17, 15) is 13.2 Å². The average Bonchev–Trinajstić information content (AvgIpc) is 2.68. The Bertz CT molecular complexity index is 920. The van der Waals surface area contributed by atoms with Crippen molar-refractivity contribution in [2.75, 3.05) is 33.3 Å². The van der Waals surface area contributed by atoms with Crippen molar-refractivity contribution in [3.05, 3.63) is 58.1 Å². The number of carbonyl (C=O) groups is 1. The fourth-order valence-corrected chi connectivity index (χ4v) is 5.02. The maximum absolute atomic E-state index is 12.7. The number of ether oxygens (including phenoxy) is 1. The highest BCUT2D eigenvalue weighted by Gasteiger charge is 2.30. The van der Waals surface area contributed by atoms with Crippen LogP contribution >= 0.6 is 23.2 Å². The number of hydrogen-bond donors (Lipinski definition) is 0. The summed E-state index contributed by atoms with van der Waals surface area (Å²) in [5.74, 6) is 0.0619. The number of benzene rings is 2. The summed E-state index contributed by atoms with van der Waals surface area (Å²) in [5.41, 5.74) is 0.338. The van der Waals surface area contributed by atoms with Crippen LogP contribution in [0.2, 0.25) is 10.0 Å². The van der Waals surface area contributed by atoms with E-state index < -0.39 is 10.0 Å². The second-order valence-electron chi connectivity index (χ2n) is 5.98. The molecule has 1 amide bonds. The fraction of sp³-hybridized carbons (Fsp3) is 0.278. The minimum atomic E-state index is -3.56. The van der Waals surface area contributed by atoms with E-state index in [1.165, 1.54) is 23.5 Å². The van der Waals surface area contributed by atoms with Crippen LogP contribution in [0.1, 0.15) is 10.4 Å². The van der Waals surface area contributed by atoms with Crippen LogP contribution in [0.3, 0.4) is 0 Å². The van der Waals surface area contributed by atoms with Crippen LogP contribution in [0, 0.1) is 0 Å². The quantitative estimate of drug-likeness (QED) is 0.749. The zero-order valence-corrected chi connectivity index (χ0v) is 16.9. The van der Waals surface area contributed by atoms with Gasteiger partial charge in [-0.15, -0.1) is 0 Å². The molecule has 0 bridgehead atoms. The summed E-state index contributed by atoms with van der Waals surface area (Å²) >= 11 is 12.2. The third-order valence-electron chi connectivity index (χ3n) is 4.36. The van der Waals surface area contributed by atoms with Gasteiger partial charge in [0, 0.05) is 31.7 Å². The molecule has 0 aliphatic carbocycles. The van der Waals surface area contributed by atoms with Crippen molar-refractivity contribution in [3.8, 4) is 5.75 Å². The molecule has 0 saturated carbocycles. The lowest BCUT2D eigenvalue weighted by Gasteiger charge is -2.34. The van der Waals surface area contributed by atoms with Gasteiger partial charge >= 0.3 is 0 Å². The van der Waals surface area contributed by atoms with Gasteiger partial charge in [-0.2, -0.15) is 4.31 Å². The van der Waals surface area contributed by atoms with E-state index in [0.29, 0.717) is 11.3 Å². The van der Waals surface area contributed by atoms with Crippen molar-refractivity contribution in [3.63, 3.8) is 0 Å². The van der Waals surface area contributed by atoms with Gasteiger partial charge in [0.05, 0.1) is 22.1 Å². The third kappa shape index (κ3) is 4.06. The molecule has 1 saturated heterocycles. The summed E-state index contributed by atoms with van der Waals surface area (Å²) in [4.78, 5) is 14.6. The third-order valence-corrected chi connectivity index (χ3v) is 6.83. The molecular formula is C18H18Cl2N2O4S. The summed E-state index contributed by atoms with van der Waals surface area (Å²) < 4.78 is 31.8. The molecular weight excluding hydrogens is 411 g/mol. The molecule has 9 heteroatoms. The maximum Gasteiger partial charge on any atom is 0.254 e. The molecule has 1 fully saturated rings. The van der Waals surface area contributed by atoms with Crippen LogP contribution in [0.5, 0.6) is 5.75 Å². The van der Waals surface area contributed by atoms with E-state index in [4.69, 9.17) is 27.9 Å². The van der Waals surface area contributed by atoms with Crippen molar-refractivity contribution < 1.29 is 17.9 Å². The summed E-state index contributed by atoms with van der Waals surface area (Å²) in [6, 6.07) is 11.3. The van der Waals surface area contributed by atoms with Crippen LogP contribution in [0.4, 0.5) is 0 Å². The van der Waals surface area contributed by atoms with Gasteiger partial charge in [-0.25, -0.2) is 8.42 Å². The number of nitrogens with zero attached hydrogens (tertiary/aromatic N) is 2. The summed E-state index contributed by atoms with van der Waals surface area (Å²) in [6.07, 6.45) is 0. The number of piperazine rings is 1. The van der Waals surface area contributed by atoms with Crippen LogP contribution in [-0.2, 0) is 10.0 Å². The number of rotatable bonds is 4. The minimum absolute atomic E-state index is 0.223. The molecule has 3 rings (SSSR count). The molecule has 0 radical (unpaired) electrons. The summed E-state index contributed by atoms with van der Waals surface area (Å²) in [5, 5.41) is 0.497. The van der Waals surface area contributed by atoms with Crippen molar-refractivity contribution in [1.29, 1.82) is 0 Å². The minimum Gasteiger partial charge on any atom is -0.494 e. The van der Waals surface area contributed by atoms with Crippen LogP contribution in [0.15, 0.2) is 47.4 Å². The van der Waals surface area contributed by atoms with E-state index in [1.807, 2.05) is 0 Å². The molecule has 0 atom stereocenters. The topological polar surface area (TPSA) is 66.9 Å². The molecule has 0 N–H and O–H groups in total. The second kappa shape index (κ2) is 8.06. The highest BCUT2D eigenvalue weighted by atomic mass is 35.5. The Labute approximate surface area is 168 Å². The highest BCUT2D eigenvalue weighted by Crippen LogP contribution is 2.34. The summed E-state index contributed by atoms with van der Waals surface area (Å²) in [6.45, 7) is 1.01. The van der Waals surface area contributed by atoms with E-state index >= 15 is 0 Å². The Kier molecular flexibility index (Phi) is 5.95. The largest absolute Gasteiger partial charge is 0.494 e. The number of amides is 1. The van der Waals surface area contributed by atoms with Gasteiger partial charge in [-0.3, -0.25) is 4.79 Å². The lowest BCUT2D eigenvalue weighted by Crippen LogP contribution is -2.50. The van der Waals surface area contributed by atoms with Gasteiger partial charge < -0.3 is 9.64 Å². The first-order valence-electron chi connectivity index (χ1n) is 8.22. The molecule has 27 heavy (non-hydrogen) atoms. The number of carbonyl (C=O) groups excluding carboxylic acids is 1. The van der Waals surface area contributed by atoms with Gasteiger partial charge in [-0.05, 0) is 24.3 Å². The van der Waals surface area contributed by atoms with Gasteiger partial charge in [-0.1, -0.05) is 41.4 Å². The normalized spacial score (nSPS) is 15.6. The zero-order valence-electron chi connectivity index (χ0n) is 14.6. The predicted octanol–water partition coefficient (Wildman–Crippen LogP) is 3.15. The first kappa shape index (κ1) is 19.9. The smallest absolute Gasteiger partial charge is 0.254 e. The lowest BCUT2D eigenvalue weighted by molar-refractivity contribution is 0.0698. The number of hydrogen-bond acceptors (Lipinski definition) is 4. The van der Waals surface area contributed by atoms with E-state index in [1.54, 1.807) is 35.2 Å². The van der Waals surface area contributed by atoms with Gasteiger partial charge in [0.25, 0.3) is 5.91 Å². The van der Waals surface area contributed by atoms with Gasteiger partial charge in [0.2, 0.25) is 10.0 Å². The Morgan fingerprint density at radius 3 is 2.07 bits per heavy atom. The zero-order chi connectivity index (χ0) is 19.6. The SMILES string of the molecule is COc1c(Cl)cc(C(=O)N2CCN(S(=O)(=O)c3ccccc3)CC2)cc1Cl. The molecule has 2 aromatic rings. The molecule has 6 nitrogen and oxygen atoms in total. The number of sulfonamides is 1. The molecule has 0 spiro atoms. The Morgan fingerprint density at radius 2 is 1.56 bits per heavy atom. The first-order chi connectivity index (χ1) is 12.8. The average molecular weight is 429 g/mol. The van der Waals surface area contributed by atoms with Gasteiger partial charge in [0.15, 0.2) is 5.75 Å². The van der Waals surface area contributed by atoms with Crippen molar-refractivity contribution in [2.45, 2.75) is 4.90 Å². The number of halogens is 2. The van der Waals surface area contributed by atoms with E-state index in [-0.39, 0.29) is 47.0 Å². The molecule has 144 valence electrons. The van der Waals surface area contributed by atoms with E-state index in [0.717, 1.165) is 0 Å². The lowest BCUT2D eigenvalue weighted by atomic mass is 10.1. The van der Waals surface area contributed by atoms with Gasteiger partial charge in [0.1, 0.15) is 0 Å². The molecule has 1 aliphatic heterocycles. The molecule has 0 aromatic heterocycles. The van der Waals surface area contributed by atoms with Crippen molar-refractivity contribution in [1.82, 2.24) is 9.21 Å². The van der Waals surface area contributed by atoms with Crippen LogP contribution in [0.25, 0.3) is 0 Å². The Balaban J connectivity index is 1.72.